The van der Waals surface area contributed by atoms with Crippen molar-refractivity contribution in [2.45, 2.75) is 37.8 Å². The summed E-state index contributed by atoms with van der Waals surface area (Å²) in [5.74, 6) is -3.08. The molecule has 1 fully saturated rings. The van der Waals surface area contributed by atoms with Crippen LogP contribution in [0.5, 0.6) is 0 Å². The molecule has 0 spiro atoms. The highest BCUT2D eigenvalue weighted by atomic mass is 19.4. The molecular formula is C24H24F6N4O4. The fraction of sp³-hybridized carbons (Fsp3) is 0.375. The van der Waals surface area contributed by atoms with Crippen molar-refractivity contribution in [2.24, 2.45) is 0 Å². The lowest BCUT2D eigenvalue weighted by molar-refractivity contribution is -0.192. The number of rotatable bonds is 5. The first kappa shape index (κ1) is 28.8. The summed E-state index contributed by atoms with van der Waals surface area (Å²) in [4.78, 5) is 23.1. The van der Waals surface area contributed by atoms with Crippen molar-refractivity contribution in [1.29, 1.82) is 0 Å². The molecule has 0 bridgehead atoms. The number of carbonyl (C=O) groups excluding carboxylic acids is 1. The van der Waals surface area contributed by atoms with Crippen LogP contribution in [0.15, 0.2) is 54.9 Å². The van der Waals surface area contributed by atoms with Crippen LogP contribution >= 0.6 is 0 Å². The number of ether oxygens (including phenoxy) is 1. The van der Waals surface area contributed by atoms with Crippen LogP contribution in [-0.2, 0) is 22.3 Å². The first-order valence-corrected chi connectivity index (χ1v) is 11.3. The number of piperidine rings is 1. The Morgan fingerprint density at radius 3 is 2.11 bits per heavy atom. The number of hydrogen-bond acceptors (Lipinski definition) is 5. The maximum Gasteiger partial charge on any atom is 0.490 e. The summed E-state index contributed by atoms with van der Waals surface area (Å²) in [7, 11) is 1.38. The summed E-state index contributed by atoms with van der Waals surface area (Å²) in [5, 5.41) is 10.7. The van der Waals surface area contributed by atoms with Gasteiger partial charge in [-0.3, -0.25) is 4.90 Å². The zero-order valence-electron chi connectivity index (χ0n) is 20.0. The number of carboxylic acid groups (broad SMARTS) is 1. The molecule has 206 valence electrons. The van der Waals surface area contributed by atoms with Crippen molar-refractivity contribution >= 4 is 11.9 Å². The largest absolute Gasteiger partial charge is 0.490 e. The first-order chi connectivity index (χ1) is 17.8. The minimum absolute atomic E-state index is 0.255. The van der Waals surface area contributed by atoms with E-state index in [0.29, 0.717) is 11.4 Å². The van der Waals surface area contributed by atoms with E-state index >= 15 is 0 Å². The van der Waals surface area contributed by atoms with Gasteiger partial charge in [0, 0.05) is 38.1 Å². The lowest BCUT2D eigenvalue weighted by Gasteiger charge is -2.33. The summed E-state index contributed by atoms with van der Waals surface area (Å²) in [6.45, 7) is 2.54. The van der Waals surface area contributed by atoms with Crippen LogP contribution in [-0.4, -0.2) is 62.7 Å². The van der Waals surface area contributed by atoms with Gasteiger partial charge in [0.2, 0.25) is 0 Å². The molecule has 1 N–H and O–H groups in total. The zero-order valence-corrected chi connectivity index (χ0v) is 20.0. The Hall–Kier alpha value is -3.81. The number of hydrogen-bond donors (Lipinski definition) is 1. The molecule has 2 aromatic heterocycles. The smallest absolute Gasteiger partial charge is 0.475 e. The third-order valence-electron chi connectivity index (χ3n) is 5.85. The van der Waals surface area contributed by atoms with E-state index in [4.69, 9.17) is 14.6 Å². The monoisotopic (exact) mass is 546 g/mol. The fourth-order valence-electron chi connectivity index (χ4n) is 3.98. The Morgan fingerprint density at radius 1 is 1.00 bits per heavy atom. The van der Waals surface area contributed by atoms with Crippen LogP contribution in [0.4, 0.5) is 26.3 Å². The third-order valence-corrected chi connectivity index (χ3v) is 5.85. The minimum atomic E-state index is -5.08. The summed E-state index contributed by atoms with van der Waals surface area (Å²) in [6.07, 6.45) is -4.46. The number of nitrogens with zero attached hydrogens (tertiary/aromatic N) is 4. The molecule has 0 atom stereocenters. The highest BCUT2D eigenvalue weighted by Crippen LogP contribution is 2.28. The normalized spacial score (nSPS) is 15.0. The van der Waals surface area contributed by atoms with E-state index in [-0.39, 0.29) is 12.0 Å². The predicted molar refractivity (Wildman–Crippen MR) is 122 cm³/mol. The molecule has 8 nitrogen and oxygen atoms in total. The molecule has 1 saturated heterocycles. The molecule has 1 aromatic carbocycles. The van der Waals surface area contributed by atoms with E-state index in [2.05, 4.69) is 10.00 Å². The lowest BCUT2D eigenvalue weighted by Crippen LogP contribution is -2.34. The summed E-state index contributed by atoms with van der Waals surface area (Å²) in [5.41, 5.74) is 1.34. The average molecular weight is 546 g/mol. The zero-order chi connectivity index (χ0) is 28.1. The molecule has 0 radical (unpaired) electrons. The Bertz CT molecular complexity index is 1230. The molecule has 0 aliphatic carbocycles. The number of halogens is 6. The molecule has 38 heavy (non-hydrogen) atoms. The van der Waals surface area contributed by atoms with Crippen LogP contribution in [0.2, 0.25) is 0 Å². The molecule has 4 rings (SSSR count). The number of benzene rings is 1. The molecule has 1 aliphatic heterocycles. The standard InChI is InChI=1S/C22H23F3N4O2.C2HF3O2/c1-31-21(30)19-3-2-11-28(19)17-8-12-27(13-9-17)15-16-4-6-18(7-5-16)29-14-10-20(26-29)22(23,24)25;3-2(4,5)1(6)7/h2-7,10-11,14,17H,8-9,12-13,15H2,1H3;(H,6,7). The van der Waals surface area contributed by atoms with E-state index in [1.54, 1.807) is 18.2 Å². The van der Waals surface area contributed by atoms with Crippen molar-refractivity contribution in [3.8, 4) is 5.69 Å². The SMILES string of the molecule is COC(=O)c1cccn1C1CCN(Cc2ccc(-n3ccc(C(F)(F)F)n3)cc2)CC1.O=C(O)C(F)(F)F. The highest BCUT2D eigenvalue weighted by molar-refractivity contribution is 5.87. The van der Waals surface area contributed by atoms with Crippen LogP contribution in [0.1, 0.15) is 40.6 Å². The highest BCUT2D eigenvalue weighted by Gasteiger charge is 2.38. The Balaban J connectivity index is 0.000000505. The Morgan fingerprint density at radius 2 is 1.61 bits per heavy atom. The molecule has 14 heteroatoms. The molecule has 3 aromatic rings. The predicted octanol–water partition coefficient (Wildman–Crippen LogP) is 4.95. The van der Waals surface area contributed by atoms with Gasteiger partial charge in [0.15, 0.2) is 5.69 Å². The fourth-order valence-corrected chi connectivity index (χ4v) is 3.98. The van der Waals surface area contributed by atoms with Crippen molar-refractivity contribution in [3.05, 3.63) is 71.8 Å². The van der Waals surface area contributed by atoms with Gasteiger partial charge in [0.05, 0.1) is 12.8 Å². The second kappa shape index (κ2) is 11.7. The van der Waals surface area contributed by atoms with E-state index < -0.39 is 24.0 Å². The number of esters is 1. The molecule has 0 amide bonds. The second-order valence-corrected chi connectivity index (χ2v) is 8.41. The lowest BCUT2D eigenvalue weighted by atomic mass is 10.0. The molecule has 0 unspecified atom stereocenters. The van der Waals surface area contributed by atoms with Gasteiger partial charge < -0.3 is 14.4 Å². The van der Waals surface area contributed by atoms with Gasteiger partial charge in [-0.1, -0.05) is 12.1 Å². The molecular weight excluding hydrogens is 522 g/mol. The van der Waals surface area contributed by atoms with Gasteiger partial charge in [0.25, 0.3) is 0 Å². The van der Waals surface area contributed by atoms with Crippen LogP contribution < -0.4 is 0 Å². The van der Waals surface area contributed by atoms with Gasteiger partial charge in [-0.2, -0.15) is 31.4 Å². The van der Waals surface area contributed by atoms with Crippen molar-refractivity contribution < 1.29 is 45.8 Å². The van der Waals surface area contributed by atoms with Gasteiger partial charge in [0.1, 0.15) is 5.69 Å². The maximum atomic E-state index is 12.7. The van der Waals surface area contributed by atoms with Crippen LogP contribution in [0.3, 0.4) is 0 Å². The van der Waals surface area contributed by atoms with Gasteiger partial charge in [-0.15, -0.1) is 0 Å². The van der Waals surface area contributed by atoms with Gasteiger partial charge in [-0.25, -0.2) is 14.3 Å². The van der Waals surface area contributed by atoms with E-state index in [0.717, 1.165) is 44.1 Å². The number of aliphatic carboxylic acids is 1. The number of aromatic nitrogens is 3. The summed E-state index contributed by atoms with van der Waals surface area (Å²) < 4.78 is 78.0. The molecule has 1 aliphatic rings. The number of likely N-dealkylation sites (tertiary alicyclic amines) is 1. The average Bonchev–Trinajstić information content (AvgIpc) is 3.55. The molecule has 3 heterocycles. The van der Waals surface area contributed by atoms with Crippen molar-refractivity contribution in [3.63, 3.8) is 0 Å². The summed E-state index contributed by atoms with van der Waals surface area (Å²) >= 11 is 0. The molecule has 0 saturated carbocycles. The number of alkyl halides is 6. The maximum absolute atomic E-state index is 12.7. The third kappa shape index (κ3) is 7.37. The quantitative estimate of drug-likeness (QED) is 0.360. The van der Waals surface area contributed by atoms with Crippen LogP contribution in [0.25, 0.3) is 5.69 Å². The second-order valence-electron chi connectivity index (χ2n) is 8.41. The Kier molecular flexibility index (Phi) is 8.86. The van der Waals surface area contributed by atoms with E-state index in [9.17, 15) is 31.1 Å². The van der Waals surface area contributed by atoms with Gasteiger partial charge >= 0.3 is 24.3 Å². The Labute approximate surface area is 213 Å². The number of carbonyl (C=O) groups is 2. The van der Waals surface area contributed by atoms with E-state index in [1.807, 2.05) is 29.0 Å². The van der Waals surface area contributed by atoms with E-state index in [1.165, 1.54) is 18.0 Å². The topological polar surface area (TPSA) is 89.6 Å². The first-order valence-electron chi connectivity index (χ1n) is 11.3. The van der Waals surface area contributed by atoms with Gasteiger partial charge in [-0.05, 0) is 48.7 Å². The van der Waals surface area contributed by atoms with Crippen molar-refractivity contribution in [2.75, 3.05) is 20.2 Å². The number of carboxylic acids is 1. The number of methoxy groups -OCH3 is 1. The summed E-state index contributed by atoms with van der Waals surface area (Å²) in [6, 6.07) is 12.2. The van der Waals surface area contributed by atoms with Crippen LogP contribution in [0, 0.1) is 0 Å². The van der Waals surface area contributed by atoms with Crippen molar-refractivity contribution in [1.82, 2.24) is 19.2 Å². The minimum Gasteiger partial charge on any atom is -0.475 e.